The van der Waals surface area contributed by atoms with E-state index in [4.69, 9.17) is 4.74 Å². The molecule has 1 saturated carbocycles. The van der Waals surface area contributed by atoms with Crippen LogP contribution in [0.1, 0.15) is 26.2 Å². The summed E-state index contributed by atoms with van der Waals surface area (Å²) in [5.74, 6) is 0.939. The lowest BCUT2D eigenvalue weighted by Gasteiger charge is -2.19. The molecule has 0 spiro atoms. The number of rotatable bonds is 6. The molecule has 4 heteroatoms. The number of nitrogens with zero attached hydrogens (tertiary/aromatic N) is 1. The normalized spacial score (nSPS) is 26.9. The van der Waals surface area contributed by atoms with Gasteiger partial charge in [0.25, 0.3) is 0 Å². The second-order valence-corrected chi connectivity index (χ2v) is 6.88. The fraction of sp³-hybridized carbons (Fsp3) is 0.625. The van der Waals surface area contributed by atoms with Crippen LogP contribution in [0, 0.1) is 0 Å². The highest BCUT2D eigenvalue weighted by molar-refractivity contribution is 9.10. The Kier molecular flexibility index (Phi) is 4.64. The van der Waals surface area contributed by atoms with Crippen LogP contribution in [-0.4, -0.2) is 42.7 Å². The summed E-state index contributed by atoms with van der Waals surface area (Å²) < 4.78 is 6.82. The van der Waals surface area contributed by atoms with Crippen molar-refractivity contribution in [3.05, 3.63) is 28.7 Å². The van der Waals surface area contributed by atoms with E-state index in [1.54, 1.807) is 0 Å². The Morgan fingerprint density at radius 3 is 2.75 bits per heavy atom. The molecule has 20 heavy (non-hydrogen) atoms. The van der Waals surface area contributed by atoms with Crippen molar-refractivity contribution in [2.45, 2.75) is 44.3 Å². The topological polar surface area (TPSA) is 24.5 Å². The zero-order valence-electron chi connectivity index (χ0n) is 12.0. The Hall–Kier alpha value is -0.580. The van der Waals surface area contributed by atoms with Gasteiger partial charge in [-0.3, -0.25) is 4.90 Å². The Balaban J connectivity index is 1.35. The van der Waals surface area contributed by atoms with Crippen molar-refractivity contribution in [3.8, 4) is 5.75 Å². The van der Waals surface area contributed by atoms with E-state index >= 15 is 0 Å². The summed E-state index contributed by atoms with van der Waals surface area (Å²) in [7, 11) is 0. The summed E-state index contributed by atoms with van der Waals surface area (Å²) in [6, 6.07) is 10.3. The van der Waals surface area contributed by atoms with Gasteiger partial charge in [0, 0.05) is 35.7 Å². The van der Waals surface area contributed by atoms with E-state index in [-0.39, 0.29) is 0 Å². The molecule has 1 aromatic carbocycles. The first-order chi connectivity index (χ1) is 9.72. The van der Waals surface area contributed by atoms with Crippen LogP contribution in [0.15, 0.2) is 28.7 Å². The molecule has 0 aromatic heterocycles. The molecule has 3 rings (SSSR count). The van der Waals surface area contributed by atoms with Crippen LogP contribution in [-0.2, 0) is 0 Å². The van der Waals surface area contributed by atoms with Crippen LogP contribution in [0.25, 0.3) is 0 Å². The van der Waals surface area contributed by atoms with E-state index in [2.05, 4.69) is 33.1 Å². The largest absolute Gasteiger partial charge is 0.492 e. The molecule has 110 valence electrons. The van der Waals surface area contributed by atoms with Crippen LogP contribution in [0.3, 0.4) is 0 Å². The molecule has 1 aliphatic heterocycles. The molecule has 1 saturated heterocycles. The molecule has 2 fully saturated rings. The van der Waals surface area contributed by atoms with Gasteiger partial charge in [0.15, 0.2) is 0 Å². The van der Waals surface area contributed by atoms with Gasteiger partial charge in [-0.1, -0.05) is 15.9 Å². The van der Waals surface area contributed by atoms with Crippen molar-refractivity contribution in [2.24, 2.45) is 0 Å². The lowest BCUT2D eigenvalue weighted by atomic mass is 10.2. The maximum Gasteiger partial charge on any atom is 0.119 e. The summed E-state index contributed by atoms with van der Waals surface area (Å²) >= 11 is 3.43. The standard InChI is InChI=1S/C16H23BrN2O/c1-12-10-14(11-19(12)15-4-5-15)18-8-9-20-16-6-2-13(17)3-7-16/h2-3,6-7,12,14-15,18H,4-5,8-11H2,1H3. The third kappa shape index (κ3) is 3.74. The van der Waals surface area contributed by atoms with Crippen molar-refractivity contribution < 1.29 is 4.74 Å². The average Bonchev–Trinajstić information content (AvgIpc) is 3.21. The van der Waals surface area contributed by atoms with Crippen molar-refractivity contribution >= 4 is 15.9 Å². The Labute approximate surface area is 129 Å². The van der Waals surface area contributed by atoms with Crippen molar-refractivity contribution in [1.82, 2.24) is 10.2 Å². The van der Waals surface area contributed by atoms with Crippen LogP contribution in [0.5, 0.6) is 5.75 Å². The first-order valence-electron chi connectivity index (χ1n) is 7.60. The lowest BCUT2D eigenvalue weighted by Crippen LogP contribution is -2.36. The molecule has 0 bridgehead atoms. The first-order valence-corrected chi connectivity index (χ1v) is 8.39. The molecule has 1 N–H and O–H groups in total. The summed E-state index contributed by atoms with van der Waals surface area (Å²) in [6.07, 6.45) is 4.09. The van der Waals surface area contributed by atoms with Gasteiger partial charge < -0.3 is 10.1 Å². The molecule has 3 nitrogen and oxygen atoms in total. The quantitative estimate of drug-likeness (QED) is 0.807. The Bertz CT molecular complexity index is 433. The molecule has 1 aliphatic carbocycles. The zero-order chi connectivity index (χ0) is 13.9. The van der Waals surface area contributed by atoms with Crippen molar-refractivity contribution in [2.75, 3.05) is 19.7 Å². The fourth-order valence-electron chi connectivity index (χ4n) is 3.08. The van der Waals surface area contributed by atoms with Crippen LogP contribution in [0.2, 0.25) is 0 Å². The summed E-state index contributed by atoms with van der Waals surface area (Å²) in [6.45, 7) is 5.23. The van der Waals surface area contributed by atoms with E-state index in [9.17, 15) is 0 Å². The summed E-state index contributed by atoms with van der Waals surface area (Å²) in [4.78, 5) is 2.67. The predicted octanol–water partition coefficient (Wildman–Crippen LogP) is 3.04. The minimum Gasteiger partial charge on any atom is -0.492 e. The SMILES string of the molecule is CC1CC(NCCOc2ccc(Br)cc2)CN1C1CC1. The third-order valence-corrected chi connectivity index (χ3v) is 4.78. The lowest BCUT2D eigenvalue weighted by molar-refractivity contribution is 0.253. The molecule has 1 heterocycles. The number of halogens is 1. The van der Waals surface area contributed by atoms with Gasteiger partial charge >= 0.3 is 0 Å². The highest BCUT2D eigenvalue weighted by Crippen LogP contribution is 2.33. The maximum absolute atomic E-state index is 5.74. The van der Waals surface area contributed by atoms with Gasteiger partial charge in [-0.15, -0.1) is 0 Å². The van der Waals surface area contributed by atoms with Gasteiger partial charge in [0.05, 0.1) is 0 Å². The molecule has 0 amide bonds. The second kappa shape index (κ2) is 6.46. The van der Waals surface area contributed by atoms with Crippen molar-refractivity contribution in [3.63, 3.8) is 0 Å². The van der Waals surface area contributed by atoms with Crippen LogP contribution in [0.4, 0.5) is 0 Å². The predicted molar refractivity (Wildman–Crippen MR) is 85.2 cm³/mol. The number of ether oxygens (including phenoxy) is 1. The molecule has 0 radical (unpaired) electrons. The van der Waals surface area contributed by atoms with Crippen LogP contribution >= 0.6 is 15.9 Å². The van der Waals surface area contributed by atoms with E-state index in [0.29, 0.717) is 6.04 Å². The minimum absolute atomic E-state index is 0.638. The molecule has 2 unspecified atom stereocenters. The van der Waals surface area contributed by atoms with Gasteiger partial charge in [0.2, 0.25) is 0 Å². The van der Waals surface area contributed by atoms with Crippen LogP contribution < -0.4 is 10.1 Å². The third-order valence-electron chi connectivity index (χ3n) is 4.26. The highest BCUT2D eigenvalue weighted by atomic mass is 79.9. The number of nitrogens with one attached hydrogen (secondary N) is 1. The average molecular weight is 339 g/mol. The fourth-order valence-corrected chi connectivity index (χ4v) is 3.35. The highest BCUT2D eigenvalue weighted by Gasteiger charge is 2.38. The summed E-state index contributed by atoms with van der Waals surface area (Å²) in [5.41, 5.74) is 0. The number of hydrogen-bond acceptors (Lipinski definition) is 3. The van der Waals surface area contributed by atoms with E-state index < -0.39 is 0 Å². The molecular weight excluding hydrogens is 316 g/mol. The second-order valence-electron chi connectivity index (χ2n) is 5.97. The maximum atomic E-state index is 5.74. The smallest absolute Gasteiger partial charge is 0.119 e. The number of likely N-dealkylation sites (tertiary alicyclic amines) is 1. The van der Waals surface area contributed by atoms with Gasteiger partial charge in [-0.2, -0.15) is 0 Å². The van der Waals surface area contributed by atoms with Gasteiger partial charge in [-0.25, -0.2) is 0 Å². The monoisotopic (exact) mass is 338 g/mol. The van der Waals surface area contributed by atoms with Crippen molar-refractivity contribution in [1.29, 1.82) is 0 Å². The summed E-state index contributed by atoms with van der Waals surface area (Å²) in [5, 5.41) is 3.63. The molecular formula is C16H23BrN2O. The zero-order valence-corrected chi connectivity index (χ0v) is 13.6. The number of hydrogen-bond donors (Lipinski definition) is 1. The van der Waals surface area contributed by atoms with Gasteiger partial charge in [0.1, 0.15) is 12.4 Å². The molecule has 1 aromatic rings. The minimum atomic E-state index is 0.638. The molecule has 2 aliphatic rings. The Morgan fingerprint density at radius 2 is 2.05 bits per heavy atom. The first kappa shape index (κ1) is 14.4. The molecule has 2 atom stereocenters. The Morgan fingerprint density at radius 1 is 1.30 bits per heavy atom. The van der Waals surface area contributed by atoms with Gasteiger partial charge in [-0.05, 0) is 50.5 Å². The number of benzene rings is 1. The van der Waals surface area contributed by atoms with E-state index in [1.165, 1.54) is 25.8 Å². The van der Waals surface area contributed by atoms with E-state index in [0.717, 1.165) is 35.5 Å². The van der Waals surface area contributed by atoms with E-state index in [1.807, 2.05) is 24.3 Å².